The first-order chi connectivity index (χ1) is 9.62. The zero-order valence-corrected chi connectivity index (χ0v) is 11.6. The Morgan fingerprint density at radius 1 is 1.20 bits per heavy atom. The van der Waals surface area contributed by atoms with Gasteiger partial charge in [0.1, 0.15) is 5.54 Å². The van der Waals surface area contributed by atoms with E-state index in [2.05, 4.69) is 16.0 Å². The van der Waals surface area contributed by atoms with Gasteiger partial charge in [-0.3, -0.25) is 0 Å². The SMILES string of the molecule is O=C(NCCCNC1CC1)NC1(C(=O)O)CCOCC1. The van der Waals surface area contributed by atoms with E-state index in [0.29, 0.717) is 38.6 Å². The molecule has 0 spiro atoms. The van der Waals surface area contributed by atoms with Gasteiger partial charge in [0.25, 0.3) is 0 Å². The monoisotopic (exact) mass is 285 g/mol. The van der Waals surface area contributed by atoms with Gasteiger partial charge in [0.05, 0.1) is 0 Å². The molecule has 1 aliphatic carbocycles. The molecule has 0 unspecified atom stereocenters. The summed E-state index contributed by atoms with van der Waals surface area (Å²) in [7, 11) is 0. The average molecular weight is 285 g/mol. The maximum atomic E-state index is 11.8. The number of urea groups is 1. The predicted molar refractivity (Wildman–Crippen MR) is 72.6 cm³/mol. The van der Waals surface area contributed by atoms with Crippen LogP contribution in [0.1, 0.15) is 32.1 Å². The van der Waals surface area contributed by atoms with Gasteiger partial charge >= 0.3 is 12.0 Å². The normalized spacial score (nSPS) is 21.2. The highest BCUT2D eigenvalue weighted by molar-refractivity contribution is 5.86. The smallest absolute Gasteiger partial charge is 0.329 e. The Morgan fingerprint density at radius 3 is 2.50 bits per heavy atom. The van der Waals surface area contributed by atoms with Crippen molar-refractivity contribution in [2.75, 3.05) is 26.3 Å². The molecule has 1 heterocycles. The minimum atomic E-state index is -1.19. The van der Waals surface area contributed by atoms with Crippen molar-refractivity contribution in [3.8, 4) is 0 Å². The third kappa shape index (κ3) is 4.35. The molecule has 0 aromatic rings. The molecular formula is C13H23N3O4. The van der Waals surface area contributed by atoms with Gasteiger partial charge in [0, 0.05) is 38.6 Å². The lowest BCUT2D eigenvalue weighted by Gasteiger charge is -2.33. The van der Waals surface area contributed by atoms with Crippen molar-refractivity contribution in [3.63, 3.8) is 0 Å². The predicted octanol–water partition coefficient (Wildman–Crippen LogP) is 0.0615. The Morgan fingerprint density at radius 2 is 1.90 bits per heavy atom. The van der Waals surface area contributed by atoms with Gasteiger partial charge < -0.3 is 25.8 Å². The lowest BCUT2D eigenvalue weighted by atomic mass is 9.90. The number of carbonyl (C=O) groups is 2. The van der Waals surface area contributed by atoms with Crippen LogP contribution in [0.25, 0.3) is 0 Å². The molecule has 1 saturated carbocycles. The van der Waals surface area contributed by atoms with E-state index in [1.54, 1.807) is 0 Å². The summed E-state index contributed by atoms with van der Waals surface area (Å²) in [6.07, 6.45) is 3.94. The molecule has 0 aromatic heterocycles. The number of amides is 2. The Labute approximate surface area is 118 Å². The number of carbonyl (C=O) groups excluding carboxylic acids is 1. The summed E-state index contributed by atoms with van der Waals surface area (Å²) in [4.78, 5) is 23.1. The van der Waals surface area contributed by atoms with Gasteiger partial charge in [-0.15, -0.1) is 0 Å². The Bertz CT molecular complexity index is 352. The molecule has 4 N–H and O–H groups in total. The summed E-state index contributed by atoms with van der Waals surface area (Å²) in [5.41, 5.74) is -1.19. The van der Waals surface area contributed by atoms with Crippen molar-refractivity contribution in [1.29, 1.82) is 0 Å². The molecule has 1 aliphatic heterocycles. The quantitative estimate of drug-likeness (QED) is 0.496. The van der Waals surface area contributed by atoms with Crippen LogP contribution < -0.4 is 16.0 Å². The number of hydrogen-bond donors (Lipinski definition) is 4. The fourth-order valence-electron chi connectivity index (χ4n) is 2.26. The number of carboxylic acid groups (broad SMARTS) is 1. The first-order valence-corrected chi connectivity index (χ1v) is 7.23. The summed E-state index contributed by atoms with van der Waals surface area (Å²) < 4.78 is 5.15. The van der Waals surface area contributed by atoms with E-state index in [1.165, 1.54) is 12.8 Å². The Hall–Kier alpha value is -1.34. The zero-order valence-electron chi connectivity index (χ0n) is 11.6. The molecule has 7 heteroatoms. The summed E-state index contributed by atoms with van der Waals surface area (Å²) >= 11 is 0. The fourth-order valence-corrected chi connectivity index (χ4v) is 2.26. The van der Waals surface area contributed by atoms with Crippen molar-refractivity contribution < 1.29 is 19.4 Å². The number of rotatable bonds is 7. The second kappa shape index (κ2) is 6.90. The first-order valence-electron chi connectivity index (χ1n) is 7.23. The van der Waals surface area contributed by atoms with Crippen LogP contribution in [0.5, 0.6) is 0 Å². The van der Waals surface area contributed by atoms with E-state index in [9.17, 15) is 14.7 Å². The molecule has 0 aromatic carbocycles. The lowest BCUT2D eigenvalue weighted by molar-refractivity contribution is -0.148. The number of aliphatic carboxylic acids is 1. The molecule has 0 radical (unpaired) electrons. The summed E-state index contributed by atoms with van der Waals surface area (Å²) in [6, 6.07) is 0.252. The Balaban J connectivity index is 1.66. The average Bonchev–Trinajstić information content (AvgIpc) is 3.23. The zero-order chi connectivity index (χ0) is 14.4. The molecule has 2 fully saturated rings. The van der Waals surface area contributed by atoms with Crippen molar-refractivity contribution in [2.45, 2.75) is 43.7 Å². The van der Waals surface area contributed by atoms with Crippen molar-refractivity contribution in [1.82, 2.24) is 16.0 Å². The van der Waals surface area contributed by atoms with Gasteiger partial charge in [-0.25, -0.2) is 9.59 Å². The maximum Gasteiger partial charge on any atom is 0.329 e. The summed E-state index contributed by atoms with van der Waals surface area (Å²) in [5, 5.41) is 18.0. The van der Waals surface area contributed by atoms with E-state index < -0.39 is 17.5 Å². The summed E-state index contributed by atoms with van der Waals surface area (Å²) in [5.74, 6) is -0.994. The molecule has 2 rings (SSSR count). The molecule has 2 aliphatic rings. The number of nitrogens with one attached hydrogen (secondary N) is 3. The molecular weight excluding hydrogens is 262 g/mol. The second-order valence-electron chi connectivity index (χ2n) is 5.46. The van der Waals surface area contributed by atoms with E-state index in [-0.39, 0.29) is 0 Å². The van der Waals surface area contributed by atoms with Crippen molar-refractivity contribution in [3.05, 3.63) is 0 Å². The number of hydrogen-bond acceptors (Lipinski definition) is 4. The van der Waals surface area contributed by atoms with Crippen molar-refractivity contribution in [2.24, 2.45) is 0 Å². The highest BCUT2D eigenvalue weighted by Gasteiger charge is 2.41. The first kappa shape index (κ1) is 15.1. The van der Waals surface area contributed by atoms with Gasteiger partial charge in [0.15, 0.2) is 0 Å². The standard InChI is InChI=1S/C13H23N3O4/c17-11(18)13(4-8-20-9-5-13)16-12(19)15-7-1-6-14-10-2-3-10/h10,14H,1-9H2,(H,17,18)(H2,15,16,19). The highest BCUT2D eigenvalue weighted by Crippen LogP contribution is 2.21. The molecule has 2 amide bonds. The number of carboxylic acids is 1. The van der Waals surface area contributed by atoms with Gasteiger partial charge in [-0.2, -0.15) is 0 Å². The van der Waals surface area contributed by atoms with E-state index in [4.69, 9.17) is 4.74 Å². The molecule has 1 saturated heterocycles. The van der Waals surface area contributed by atoms with Crippen LogP contribution in [0.15, 0.2) is 0 Å². The van der Waals surface area contributed by atoms with E-state index in [1.807, 2.05) is 0 Å². The summed E-state index contributed by atoms with van der Waals surface area (Å²) in [6.45, 7) is 2.14. The fraction of sp³-hybridized carbons (Fsp3) is 0.846. The van der Waals surface area contributed by atoms with Gasteiger partial charge in [0.2, 0.25) is 0 Å². The topological polar surface area (TPSA) is 99.7 Å². The largest absolute Gasteiger partial charge is 0.480 e. The second-order valence-corrected chi connectivity index (χ2v) is 5.46. The molecule has 0 bridgehead atoms. The van der Waals surface area contributed by atoms with Crippen LogP contribution in [0.3, 0.4) is 0 Å². The van der Waals surface area contributed by atoms with Gasteiger partial charge in [-0.05, 0) is 25.8 Å². The molecule has 114 valence electrons. The third-order valence-electron chi connectivity index (χ3n) is 3.76. The van der Waals surface area contributed by atoms with Crippen LogP contribution in [-0.4, -0.2) is 55.0 Å². The van der Waals surface area contributed by atoms with E-state index in [0.717, 1.165) is 13.0 Å². The Kier molecular flexibility index (Phi) is 5.19. The maximum absolute atomic E-state index is 11.8. The van der Waals surface area contributed by atoms with Crippen LogP contribution in [0.4, 0.5) is 4.79 Å². The van der Waals surface area contributed by atoms with Crippen LogP contribution in [0.2, 0.25) is 0 Å². The third-order valence-corrected chi connectivity index (χ3v) is 3.76. The van der Waals surface area contributed by atoms with Crippen molar-refractivity contribution >= 4 is 12.0 Å². The molecule has 0 atom stereocenters. The highest BCUT2D eigenvalue weighted by atomic mass is 16.5. The lowest BCUT2D eigenvalue weighted by Crippen LogP contribution is -2.59. The van der Waals surface area contributed by atoms with Crippen LogP contribution in [0, 0.1) is 0 Å². The molecule has 20 heavy (non-hydrogen) atoms. The van der Waals surface area contributed by atoms with Gasteiger partial charge in [-0.1, -0.05) is 0 Å². The van der Waals surface area contributed by atoms with Crippen LogP contribution in [-0.2, 0) is 9.53 Å². The van der Waals surface area contributed by atoms with Crippen LogP contribution >= 0.6 is 0 Å². The minimum Gasteiger partial charge on any atom is -0.480 e. The molecule has 7 nitrogen and oxygen atoms in total. The number of ether oxygens (including phenoxy) is 1. The van der Waals surface area contributed by atoms with E-state index >= 15 is 0 Å². The minimum absolute atomic E-state index is 0.305.